The Morgan fingerprint density at radius 1 is 1.32 bits per heavy atom. The first-order valence-corrected chi connectivity index (χ1v) is 13.1. The number of carboxylic acids is 1. The smallest absolute Gasteiger partial charge is 0.352 e. The molecule has 2 saturated heterocycles. The fourth-order valence-corrected chi connectivity index (χ4v) is 6.05. The molecule has 3 aliphatic rings. The number of nitrogens with one attached hydrogen (secondary N) is 2. The monoisotopic (exact) mass is 544 g/mol. The standard InChI is InChI=1S/C22H21N7O6S2/c23-22-25-12(10-37-22)14(27-35-13-4-5-24-17(13)30)18(31)26-15-19(32)29-16(21(33)34)11(9-36-20(15)29)8-28-6-2-1-3-7-28/h1-3,6-7,10,13,15,20H,4-5,8-9H2,(H4-,23,24,25,26,30,31,33,34)/p+1/t13-,15+,20-/m0/s1. The van der Waals surface area contributed by atoms with Gasteiger partial charge in [0, 0.05) is 41.8 Å². The van der Waals surface area contributed by atoms with Crippen LogP contribution in [0, 0.1) is 0 Å². The zero-order chi connectivity index (χ0) is 26.1. The third-order valence-electron chi connectivity index (χ3n) is 5.94. The maximum absolute atomic E-state index is 13.2. The molecule has 0 radical (unpaired) electrons. The number of nitrogens with zero attached hydrogens (tertiary/aromatic N) is 4. The average Bonchev–Trinajstić information content (AvgIpc) is 3.50. The normalized spacial score (nSPS) is 23.3. The van der Waals surface area contributed by atoms with Crippen molar-refractivity contribution in [3.05, 3.63) is 52.9 Å². The van der Waals surface area contributed by atoms with E-state index in [1.807, 2.05) is 35.2 Å². The number of nitrogen functional groups attached to an aromatic ring is 1. The van der Waals surface area contributed by atoms with Crippen LogP contribution >= 0.6 is 23.1 Å². The number of β-lactam (4-membered cyclic amide) rings is 1. The molecule has 5 heterocycles. The van der Waals surface area contributed by atoms with E-state index >= 15 is 0 Å². The van der Waals surface area contributed by atoms with Crippen LogP contribution in [0.4, 0.5) is 5.13 Å². The van der Waals surface area contributed by atoms with Gasteiger partial charge in [0.25, 0.3) is 17.7 Å². The highest BCUT2D eigenvalue weighted by atomic mass is 32.2. The fourth-order valence-electron chi connectivity index (χ4n) is 4.16. The maximum atomic E-state index is 13.2. The summed E-state index contributed by atoms with van der Waals surface area (Å²) in [6.45, 7) is 0.747. The van der Waals surface area contributed by atoms with E-state index in [0.717, 1.165) is 11.3 Å². The number of hydrogen-bond donors (Lipinski definition) is 4. The van der Waals surface area contributed by atoms with Crippen molar-refractivity contribution in [3.8, 4) is 0 Å². The molecule has 0 bridgehead atoms. The number of carbonyl (C=O) groups is 4. The predicted octanol–water partition coefficient (Wildman–Crippen LogP) is -0.939. The van der Waals surface area contributed by atoms with Gasteiger partial charge in [-0.25, -0.2) is 14.3 Å². The molecular weight excluding hydrogens is 522 g/mol. The Labute approximate surface area is 218 Å². The van der Waals surface area contributed by atoms with Crippen LogP contribution < -0.4 is 20.9 Å². The molecule has 0 saturated carbocycles. The largest absolute Gasteiger partial charge is 0.477 e. The lowest BCUT2D eigenvalue weighted by molar-refractivity contribution is -0.689. The summed E-state index contributed by atoms with van der Waals surface area (Å²) in [6.07, 6.45) is 3.16. The zero-order valence-electron chi connectivity index (χ0n) is 19.2. The minimum Gasteiger partial charge on any atom is -0.477 e. The van der Waals surface area contributed by atoms with E-state index in [4.69, 9.17) is 10.6 Å². The number of carbonyl (C=O) groups excluding carboxylic acids is 3. The number of thioether (sulfide) groups is 1. The van der Waals surface area contributed by atoms with Crippen molar-refractivity contribution in [3.63, 3.8) is 0 Å². The number of nitrogens with two attached hydrogens (primary N) is 1. The van der Waals surface area contributed by atoms with E-state index in [2.05, 4.69) is 20.8 Å². The fraction of sp³-hybridized carbons (Fsp3) is 0.318. The Balaban J connectivity index is 1.34. The molecule has 13 nitrogen and oxygen atoms in total. The van der Waals surface area contributed by atoms with Crippen LogP contribution in [0.15, 0.2) is 52.4 Å². The molecule has 2 aromatic heterocycles. The molecule has 2 aromatic rings. The van der Waals surface area contributed by atoms with Gasteiger partial charge in [-0.1, -0.05) is 11.2 Å². The molecule has 5 N–H and O–H groups in total. The molecule has 3 aliphatic heterocycles. The highest BCUT2D eigenvalue weighted by Crippen LogP contribution is 2.40. The lowest BCUT2D eigenvalue weighted by Gasteiger charge is -2.49. The summed E-state index contributed by atoms with van der Waals surface area (Å²) < 4.78 is 1.83. The quantitative estimate of drug-likeness (QED) is 0.141. The molecule has 37 heavy (non-hydrogen) atoms. The number of aliphatic carboxylic acids is 1. The van der Waals surface area contributed by atoms with Crippen molar-refractivity contribution in [1.29, 1.82) is 0 Å². The van der Waals surface area contributed by atoms with Crippen LogP contribution in [-0.2, 0) is 30.6 Å². The second-order valence-electron chi connectivity index (χ2n) is 8.35. The van der Waals surface area contributed by atoms with Crippen molar-refractivity contribution in [2.45, 2.75) is 30.5 Å². The predicted molar refractivity (Wildman–Crippen MR) is 132 cm³/mol. The van der Waals surface area contributed by atoms with Gasteiger partial charge >= 0.3 is 5.97 Å². The van der Waals surface area contributed by atoms with Crippen molar-refractivity contribution in [2.24, 2.45) is 5.16 Å². The number of oxime groups is 1. The topological polar surface area (TPSA) is 180 Å². The summed E-state index contributed by atoms with van der Waals surface area (Å²) >= 11 is 2.45. The van der Waals surface area contributed by atoms with Crippen molar-refractivity contribution < 1.29 is 33.7 Å². The molecule has 0 aromatic carbocycles. The first kappa shape index (κ1) is 24.7. The van der Waals surface area contributed by atoms with E-state index in [-0.39, 0.29) is 28.1 Å². The van der Waals surface area contributed by atoms with Gasteiger partial charge in [-0.15, -0.1) is 23.1 Å². The Bertz CT molecular complexity index is 1330. The summed E-state index contributed by atoms with van der Waals surface area (Å²) in [6, 6.07) is 4.54. The van der Waals surface area contributed by atoms with Gasteiger partial charge in [0.05, 0.1) is 0 Å². The molecule has 3 amide bonds. The molecule has 15 heteroatoms. The van der Waals surface area contributed by atoms with Gasteiger partial charge in [0.15, 0.2) is 29.8 Å². The lowest BCUT2D eigenvalue weighted by atomic mass is 10.0. The van der Waals surface area contributed by atoms with Crippen LogP contribution in [0.1, 0.15) is 12.1 Å². The molecule has 3 atom stereocenters. The summed E-state index contributed by atoms with van der Waals surface area (Å²) in [5.74, 6) is -2.49. The van der Waals surface area contributed by atoms with Crippen molar-refractivity contribution >= 4 is 57.6 Å². The summed E-state index contributed by atoms with van der Waals surface area (Å²) in [5.41, 5.74) is 6.11. The Hall–Kier alpha value is -3.98. The van der Waals surface area contributed by atoms with E-state index in [0.29, 0.717) is 30.8 Å². The number of rotatable bonds is 8. The second-order valence-corrected chi connectivity index (χ2v) is 10.3. The second kappa shape index (κ2) is 10.2. The van der Waals surface area contributed by atoms with Gasteiger partial charge in [0.2, 0.25) is 6.10 Å². The van der Waals surface area contributed by atoms with Crippen LogP contribution in [0.2, 0.25) is 0 Å². The molecule has 0 unspecified atom stereocenters. The van der Waals surface area contributed by atoms with Crippen molar-refractivity contribution in [1.82, 2.24) is 20.5 Å². The van der Waals surface area contributed by atoms with Crippen molar-refractivity contribution in [2.75, 3.05) is 18.0 Å². The van der Waals surface area contributed by atoms with E-state index < -0.39 is 35.3 Å². The minimum atomic E-state index is -1.21. The maximum Gasteiger partial charge on any atom is 0.352 e. The molecular formula is C22H22N7O6S2+. The lowest BCUT2D eigenvalue weighted by Crippen LogP contribution is -2.71. The van der Waals surface area contributed by atoms with Gasteiger partial charge in [-0.2, -0.15) is 0 Å². The number of thiazole rings is 1. The van der Waals surface area contributed by atoms with Crippen LogP contribution in [0.25, 0.3) is 0 Å². The van der Waals surface area contributed by atoms with Gasteiger partial charge in [0.1, 0.15) is 22.8 Å². The van der Waals surface area contributed by atoms with E-state index in [9.17, 15) is 24.3 Å². The van der Waals surface area contributed by atoms with Crippen LogP contribution in [0.3, 0.4) is 0 Å². The van der Waals surface area contributed by atoms with Gasteiger partial charge in [-0.05, 0) is 0 Å². The zero-order valence-corrected chi connectivity index (χ0v) is 20.8. The van der Waals surface area contributed by atoms with Crippen LogP contribution in [-0.4, -0.2) is 74.2 Å². The highest BCUT2D eigenvalue weighted by Gasteiger charge is 2.54. The van der Waals surface area contributed by atoms with E-state index in [1.54, 1.807) is 0 Å². The third kappa shape index (κ3) is 4.86. The average molecular weight is 545 g/mol. The number of hydrogen-bond acceptors (Lipinski definition) is 10. The van der Waals surface area contributed by atoms with Crippen LogP contribution in [0.5, 0.6) is 0 Å². The Kier molecular flexibility index (Phi) is 6.80. The summed E-state index contributed by atoms with van der Waals surface area (Å²) in [4.78, 5) is 60.7. The number of anilines is 1. The third-order valence-corrected chi connectivity index (χ3v) is 7.95. The van der Waals surface area contributed by atoms with Gasteiger partial charge < -0.3 is 26.3 Å². The first-order valence-electron chi connectivity index (χ1n) is 11.2. The summed E-state index contributed by atoms with van der Waals surface area (Å²) in [5, 5.41) is 20.1. The molecule has 2 fully saturated rings. The Morgan fingerprint density at radius 3 is 2.76 bits per heavy atom. The van der Waals surface area contributed by atoms with E-state index in [1.165, 1.54) is 22.0 Å². The number of carboxylic acid groups (broad SMARTS) is 1. The molecule has 192 valence electrons. The number of amides is 3. The molecule has 5 rings (SSSR count). The highest BCUT2D eigenvalue weighted by molar-refractivity contribution is 8.00. The number of pyridine rings is 1. The number of fused-ring (bicyclic) bond motifs is 1. The first-order chi connectivity index (χ1) is 17.8. The molecule has 0 spiro atoms. The molecule has 0 aliphatic carbocycles. The SMILES string of the molecule is Nc1nc(C(=NO[C@H]2CCNC2=O)C(=O)N[C@@H]2C(=O)N3C(C(=O)O)=C(C[n+]4ccccc4)CS[C@@H]23)cs1. The number of aromatic nitrogens is 2. The Morgan fingerprint density at radius 2 is 2.11 bits per heavy atom. The summed E-state index contributed by atoms with van der Waals surface area (Å²) in [7, 11) is 0. The minimum absolute atomic E-state index is 0.0765. The van der Waals surface area contributed by atoms with Gasteiger partial charge in [-0.3, -0.25) is 19.3 Å².